The van der Waals surface area contributed by atoms with Crippen molar-refractivity contribution < 1.29 is 0 Å². The van der Waals surface area contributed by atoms with Gasteiger partial charge < -0.3 is 10.6 Å². The van der Waals surface area contributed by atoms with Crippen molar-refractivity contribution in [2.24, 2.45) is 5.73 Å². The van der Waals surface area contributed by atoms with E-state index in [1.54, 1.807) is 6.33 Å². The zero-order valence-electron chi connectivity index (χ0n) is 10.3. The van der Waals surface area contributed by atoms with Gasteiger partial charge in [0.05, 0.1) is 0 Å². The van der Waals surface area contributed by atoms with Crippen LogP contribution in [0.25, 0.3) is 5.70 Å². The van der Waals surface area contributed by atoms with E-state index in [-0.39, 0.29) is 0 Å². The zero-order valence-corrected chi connectivity index (χ0v) is 10.3. The van der Waals surface area contributed by atoms with Crippen LogP contribution < -0.4 is 5.73 Å². The minimum atomic E-state index is 0.491. The lowest BCUT2D eigenvalue weighted by molar-refractivity contribution is 0.319. The fourth-order valence-corrected chi connectivity index (χ4v) is 2.96. The van der Waals surface area contributed by atoms with Crippen molar-refractivity contribution in [3.8, 4) is 0 Å². The Bertz CT molecular complexity index is 483. The van der Waals surface area contributed by atoms with Gasteiger partial charge in [0.1, 0.15) is 23.7 Å². The monoisotopic (exact) mass is 246 g/mol. The maximum Gasteiger partial charge on any atom is 0.147 e. The molecule has 3 N–H and O–H groups in total. The van der Waals surface area contributed by atoms with E-state index in [1.165, 1.54) is 31.9 Å². The molecule has 0 amide bonds. The number of nitrogens with two attached hydrogens (primary N) is 1. The Hall–Kier alpha value is -1.85. The third-order valence-corrected chi connectivity index (χ3v) is 3.91. The standard InChI is InChI=1S/C12H18N6/c13-7-10-12(14)17(9-3-1-2-4-9)6-5-11-16-15-8-18(10)11/h7-9,14H,1-6,13H2/b10-7+,14-12?. The summed E-state index contributed by atoms with van der Waals surface area (Å²) in [5.41, 5.74) is 6.39. The molecule has 1 aliphatic heterocycles. The Morgan fingerprint density at radius 1 is 1.39 bits per heavy atom. The lowest BCUT2D eigenvalue weighted by atomic mass is 10.2. The molecule has 0 atom stereocenters. The fraction of sp³-hybridized carbons (Fsp3) is 0.583. The summed E-state index contributed by atoms with van der Waals surface area (Å²) in [6.07, 6.45) is 8.84. The van der Waals surface area contributed by atoms with Crippen molar-refractivity contribution in [2.45, 2.75) is 38.1 Å². The average Bonchev–Trinajstić information content (AvgIpc) is 3.01. The van der Waals surface area contributed by atoms with Crippen molar-refractivity contribution in [2.75, 3.05) is 6.54 Å². The van der Waals surface area contributed by atoms with E-state index in [0.717, 1.165) is 18.8 Å². The van der Waals surface area contributed by atoms with Crippen LogP contribution in [0.5, 0.6) is 0 Å². The Balaban J connectivity index is 1.94. The third-order valence-electron chi connectivity index (χ3n) is 3.91. The molecule has 1 fully saturated rings. The Morgan fingerprint density at radius 2 is 2.17 bits per heavy atom. The molecule has 96 valence electrons. The molecule has 0 aromatic carbocycles. The molecule has 3 rings (SSSR count). The van der Waals surface area contributed by atoms with Crippen LogP contribution in [0.4, 0.5) is 0 Å². The Morgan fingerprint density at radius 3 is 2.89 bits per heavy atom. The summed E-state index contributed by atoms with van der Waals surface area (Å²) in [7, 11) is 0. The van der Waals surface area contributed by atoms with Gasteiger partial charge in [-0.1, -0.05) is 12.8 Å². The summed E-state index contributed by atoms with van der Waals surface area (Å²) in [5.74, 6) is 1.39. The maximum absolute atomic E-state index is 8.38. The van der Waals surface area contributed by atoms with Crippen molar-refractivity contribution in [3.05, 3.63) is 18.4 Å². The summed E-state index contributed by atoms with van der Waals surface area (Å²) in [6, 6.07) is 0.491. The first-order valence-electron chi connectivity index (χ1n) is 6.48. The topological polar surface area (TPSA) is 83.8 Å². The first-order chi connectivity index (χ1) is 8.81. The van der Waals surface area contributed by atoms with Gasteiger partial charge >= 0.3 is 0 Å². The van der Waals surface area contributed by atoms with Crippen molar-refractivity contribution in [3.63, 3.8) is 0 Å². The summed E-state index contributed by atoms with van der Waals surface area (Å²) < 4.78 is 1.83. The molecule has 0 radical (unpaired) electrons. The highest BCUT2D eigenvalue weighted by atomic mass is 15.3. The first-order valence-corrected chi connectivity index (χ1v) is 6.48. The van der Waals surface area contributed by atoms with E-state index in [0.29, 0.717) is 17.6 Å². The highest BCUT2D eigenvalue weighted by Gasteiger charge is 2.30. The molecule has 1 aromatic rings. The molecule has 0 bridgehead atoms. The van der Waals surface area contributed by atoms with Crippen LogP contribution in [-0.4, -0.2) is 38.1 Å². The number of rotatable bonds is 1. The first kappa shape index (κ1) is 11.3. The van der Waals surface area contributed by atoms with Crippen LogP contribution in [0.2, 0.25) is 0 Å². The lowest BCUT2D eigenvalue weighted by Gasteiger charge is -2.30. The molecule has 6 nitrogen and oxygen atoms in total. The molecule has 0 unspecified atom stereocenters. The van der Waals surface area contributed by atoms with Crippen LogP contribution in [0.1, 0.15) is 31.5 Å². The molecule has 18 heavy (non-hydrogen) atoms. The second-order valence-corrected chi connectivity index (χ2v) is 4.90. The van der Waals surface area contributed by atoms with Crippen LogP contribution in [0, 0.1) is 5.41 Å². The van der Waals surface area contributed by atoms with Crippen molar-refractivity contribution >= 4 is 11.5 Å². The van der Waals surface area contributed by atoms with E-state index in [1.807, 2.05) is 4.57 Å². The van der Waals surface area contributed by atoms with Crippen LogP contribution in [0.15, 0.2) is 12.5 Å². The largest absolute Gasteiger partial charge is 0.403 e. The smallest absolute Gasteiger partial charge is 0.147 e. The highest BCUT2D eigenvalue weighted by molar-refractivity contribution is 6.15. The molecule has 1 saturated carbocycles. The molecule has 0 saturated heterocycles. The second kappa shape index (κ2) is 4.44. The molecule has 1 aromatic heterocycles. The molecular formula is C12H18N6. The van der Waals surface area contributed by atoms with Crippen LogP contribution in [-0.2, 0) is 6.42 Å². The molecule has 2 aliphatic rings. The number of hydrogen-bond donors (Lipinski definition) is 2. The predicted molar refractivity (Wildman–Crippen MR) is 68.9 cm³/mol. The van der Waals surface area contributed by atoms with Gasteiger partial charge in [-0.25, -0.2) is 0 Å². The fourth-order valence-electron chi connectivity index (χ4n) is 2.96. The van der Waals surface area contributed by atoms with Crippen molar-refractivity contribution in [1.82, 2.24) is 19.7 Å². The molecule has 6 heteroatoms. The number of hydrogen-bond acceptors (Lipinski definition) is 4. The van der Waals surface area contributed by atoms with Crippen LogP contribution in [0.3, 0.4) is 0 Å². The van der Waals surface area contributed by atoms with Gasteiger partial charge in [-0.15, -0.1) is 10.2 Å². The second-order valence-electron chi connectivity index (χ2n) is 4.90. The number of fused-ring (bicyclic) bond motifs is 1. The Kier molecular flexibility index (Phi) is 2.77. The van der Waals surface area contributed by atoms with Gasteiger partial charge in [0, 0.05) is 25.2 Å². The van der Waals surface area contributed by atoms with Gasteiger partial charge in [0.25, 0.3) is 0 Å². The number of nitrogens with one attached hydrogen (secondary N) is 1. The summed E-state index contributed by atoms with van der Waals surface area (Å²) in [6.45, 7) is 0.833. The van der Waals surface area contributed by atoms with E-state index in [9.17, 15) is 0 Å². The summed E-state index contributed by atoms with van der Waals surface area (Å²) in [5, 5.41) is 16.4. The van der Waals surface area contributed by atoms with E-state index in [2.05, 4.69) is 15.1 Å². The van der Waals surface area contributed by atoms with Gasteiger partial charge in [-0.2, -0.15) is 0 Å². The Labute approximate surface area is 106 Å². The quantitative estimate of drug-likeness (QED) is 0.768. The summed E-state index contributed by atoms with van der Waals surface area (Å²) in [4.78, 5) is 2.18. The average molecular weight is 246 g/mol. The van der Waals surface area contributed by atoms with Crippen LogP contribution >= 0.6 is 0 Å². The predicted octanol–water partition coefficient (Wildman–Crippen LogP) is 0.813. The number of aromatic nitrogens is 3. The van der Waals surface area contributed by atoms with E-state index >= 15 is 0 Å². The maximum atomic E-state index is 8.38. The molecule has 1 aliphatic carbocycles. The van der Waals surface area contributed by atoms with E-state index < -0.39 is 0 Å². The lowest BCUT2D eigenvalue weighted by Crippen LogP contribution is -2.39. The third kappa shape index (κ3) is 1.68. The number of amidine groups is 1. The van der Waals surface area contributed by atoms with Gasteiger partial charge in [-0.3, -0.25) is 9.98 Å². The summed E-state index contributed by atoms with van der Waals surface area (Å²) >= 11 is 0. The van der Waals surface area contributed by atoms with E-state index in [4.69, 9.17) is 11.1 Å². The number of nitrogens with zero attached hydrogens (tertiary/aromatic N) is 4. The van der Waals surface area contributed by atoms with Gasteiger partial charge in [0.2, 0.25) is 0 Å². The SMILES string of the molecule is N=C1/C(=C\N)n2cnnc2CCN1C1CCCC1. The zero-order chi connectivity index (χ0) is 12.5. The van der Waals surface area contributed by atoms with Crippen molar-refractivity contribution in [1.29, 1.82) is 5.41 Å². The molecule has 0 spiro atoms. The highest BCUT2D eigenvalue weighted by Crippen LogP contribution is 2.27. The minimum absolute atomic E-state index is 0.491. The van der Waals surface area contributed by atoms with Gasteiger partial charge in [0.15, 0.2) is 0 Å². The van der Waals surface area contributed by atoms with Gasteiger partial charge in [-0.05, 0) is 12.8 Å². The minimum Gasteiger partial charge on any atom is -0.403 e. The molecule has 2 heterocycles. The normalized spacial score (nSPS) is 23.4. The molecular weight excluding hydrogens is 228 g/mol.